The number of fused-ring (bicyclic) bond motifs is 1. The lowest BCUT2D eigenvalue weighted by atomic mass is 10.1. The second-order valence-corrected chi connectivity index (χ2v) is 7.42. The third-order valence-corrected chi connectivity index (χ3v) is 5.26. The second-order valence-electron chi connectivity index (χ2n) is 5.71. The number of alkyl halides is 3. The average molecular weight is 417 g/mol. The van der Waals surface area contributed by atoms with E-state index in [1.54, 1.807) is 0 Å². The zero-order valence-corrected chi connectivity index (χ0v) is 14.5. The molecule has 0 spiro atoms. The summed E-state index contributed by atoms with van der Waals surface area (Å²) in [5.41, 5.74) is -0.616. The third-order valence-electron chi connectivity index (χ3n) is 3.84. The van der Waals surface area contributed by atoms with Gasteiger partial charge in [0.25, 0.3) is 0 Å². The summed E-state index contributed by atoms with van der Waals surface area (Å²) < 4.78 is 80.3. The van der Waals surface area contributed by atoms with Crippen LogP contribution in [0.25, 0.3) is 10.9 Å². The Hall–Kier alpha value is -2.99. The largest absolute Gasteiger partial charge is 0.463 e. The van der Waals surface area contributed by atoms with Gasteiger partial charge < -0.3 is 5.11 Å². The van der Waals surface area contributed by atoms with Gasteiger partial charge in [-0.1, -0.05) is 12.1 Å². The van der Waals surface area contributed by atoms with Crippen LogP contribution in [-0.4, -0.2) is 35.6 Å². The van der Waals surface area contributed by atoms with Crippen molar-refractivity contribution in [2.75, 3.05) is 0 Å². The second kappa shape index (κ2) is 6.87. The molecule has 3 aromatic rings. The van der Waals surface area contributed by atoms with Crippen LogP contribution >= 0.6 is 0 Å². The highest BCUT2D eigenvalue weighted by Gasteiger charge is 2.43. The highest BCUT2D eigenvalue weighted by Crippen LogP contribution is 2.34. The molecule has 1 aromatic heterocycles. The first-order valence-corrected chi connectivity index (χ1v) is 9.03. The summed E-state index contributed by atoms with van der Waals surface area (Å²) in [4.78, 5) is 10.5. The van der Waals surface area contributed by atoms with Crippen LogP contribution in [0.5, 0.6) is 0 Å². The van der Waals surface area contributed by atoms with Crippen LogP contribution in [0.3, 0.4) is 0 Å². The van der Waals surface area contributed by atoms with Gasteiger partial charge in [-0.3, -0.25) is 0 Å². The van der Waals surface area contributed by atoms with E-state index in [1.165, 1.54) is 17.0 Å². The maximum atomic E-state index is 13.4. The number of halogens is 4. The minimum atomic E-state index is -5.00. The molecule has 28 heavy (non-hydrogen) atoms. The molecular weight excluding hydrogens is 406 g/mol. The molecule has 12 heteroatoms. The lowest BCUT2D eigenvalue weighted by Crippen LogP contribution is -2.38. The van der Waals surface area contributed by atoms with Gasteiger partial charge in [-0.15, -0.1) is 0 Å². The molecule has 7 nitrogen and oxygen atoms in total. The first kappa shape index (κ1) is 19.8. The fourth-order valence-electron chi connectivity index (χ4n) is 2.52. The van der Waals surface area contributed by atoms with E-state index in [9.17, 15) is 30.8 Å². The Morgan fingerprint density at radius 3 is 2.36 bits per heavy atom. The molecule has 0 aliphatic heterocycles. The third kappa shape index (κ3) is 3.82. The van der Waals surface area contributed by atoms with E-state index >= 15 is 0 Å². The summed E-state index contributed by atoms with van der Waals surface area (Å²) >= 11 is 0. The van der Waals surface area contributed by atoms with Crippen molar-refractivity contribution in [3.63, 3.8) is 0 Å². The van der Waals surface area contributed by atoms with Gasteiger partial charge in [0.15, 0.2) is 0 Å². The van der Waals surface area contributed by atoms with Crippen molar-refractivity contribution < 1.29 is 35.9 Å². The number of carbonyl (C=O) groups is 1. The number of benzene rings is 2. The Morgan fingerprint density at radius 1 is 1.14 bits per heavy atom. The molecule has 1 unspecified atom stereocenters. The molecule has 0 aliphatic carbocycles. The summed E-state index contributed by atoms with van der Waals surface area (Å²) in [5, 5.41) is 12.9. The molecule has 0 fully saturated rings. The normalized spacial score (nSPS) is 13.6. The molecule has 1 atom stereocenters. The van der Waals surface area contributed by atoms with E-state index < -0.39 is 44.6 Å². The van der Waals surface area contributed by atoms with E-state index in [1.807, 2.05) is 0 Å². The van der Waals surface area contributed by atoms with Crippen molar-refractivity contribution in [1.82, 2.24) is 14.5 Å². The monoisotopic (exact) mass is 417 g/mol. The molecule has 0 saturated heterocycles. The van der Waals surface area contributed by atoms with Gasteiger partial charge in [-0.05, 0) is 35.9 Å². The number of hydrogen-bond donors (Lipinski definition) is 2. The summed E-state index contributed by atoms with van der Waals surface area (Å²) in [6, 6.07) is 3.71. The number of rotatable bonds is 4. The first-order chi connectivity index (χ1) is 13.0. The van der Waals surface area contributed by atoms with Gasteiger partial charge >= 0.3 is 12.3 Å². The summed E-state index contributed by atoms with van der Waals surface area (Å²) in [5.74, 6) is -0.778. The molecule has 148 valence electrons. The predicted octanol–water partition coefficient (Wildman–Crippen LogP) is 3.28. The van der Waals surface area contributed by atoms with Crippen molar-refractivity contribution in [3.05, 3.63) is 60.0 Å². The molecule has 2 N–H and O–H groups in total. The SMILES string of the molecule is O=C(O)n1ncc2ccc(S(=O)(=O)NC(c3ccc(F)cc3)C(F)(F)F)cc21. The van der Waals surface area contributed by atoms with Gasteiger partial charge in [0.05, 0.1) is 16.6 Å². The lowest BCUT2D eigenvalue weighted by molar-refractivity contribution is -0.153. The standard InChI is InChI=1S/C16H11F4N3O4S/c17-11-4-1-9(2-5-11)14(16(18,19)20)22-28(26,27)12-6-3-10-8-21-23(15(24)25)13(10)7-12/h1-8,14,22H,(H,24,25). The van der Waals surface area contributed by atoms with Crippen molar-refractivity contribution in [3.8, 4) is 0 Å². The van der Waals surface area contributed by atoms with Crippen molar-refractivity contribution >= 4 is 27.0 Å². The predicted molar refractivity (Wildman–Crippen MR) is 88.7 cm³/mol. The number of sulfonamides is 1. The Balaban J connectivity index is 2.03. The van der Waals surface area contributed by atoms with Crippen LogP contribution in [0, 0.1) is 5.82 Å². The quantitative estimate of drug-likeness (QED) is 0.635. The maximum absolute atomic E-state index is 13.4. The topological polar surface area (TPSA) is 101 Å². The molecule has 3 rings (SSSR count). The molecule has 2 aromatic carbocycles. The average Bonchev–Trinajstić information content (AvgIpc) is 3.03. The lowest BCUT2D eigenvalue weighted by Gasteiger charge is -2.22. The zero-order valence-electron chi connectivity index (χ0n) is 13.7. The minimum absolute atomic E-state index is 0.110. The molecule has 0 saturated carbocycles. The molecule has 0 aliphatic rings. The molecule has 0 bridgehead atoms. The van der Waals surface area contributed by atoms with Crippen LogP contribution in [0.1, 0.15) is 11.6 Å². The van der Waals surface area contributed by atoms with E-state index in [0.29, 0.717) is 4.68 Å². The fraction of sp³-hybridized carbons (Fsp3) is 0.125. The number of nitrogens with one attached hydrogen (secondary N) is 1. The van der Waals surface area contributed by atoms with Gasteiger partial charge in [-0.2, -0.15) is 27.7 Å². The minimum Gasteiger partial charge on any atom is -0.463 e. The van der Waals surface area contributed by atoms with Gasteiger partial charge in [0.1, 0.15) is 11.9 Å². The summed E-state index contributed by atoms with van der Waals surface area (Å²) in [6.45, 7) is 0. The van der Waals surface area contributed by atoms with Crippen LogP contribution < -0.4 is 4.72 Å². The summed E-state index contributed by atoms with van der Waals surface area (Å²) in [6.07, 6.45) is -5.32. The van der Waals surface area contributed by atoms with Crippen LogP contribution in [-0.2, 0) is 10.0 Å². The van der Waals surface area contributed by atoms with Gasteiger partial charge in [0, 0.05) is 5.39 Å². The Labute approximate surface area is 155 Å². The van der Waals surface area contributed by atoms with E-state index in [0.717, 1.165) is 36.4 Å². The highest BCUT2D eigenvalue weighted by atomic mass is 32.2. The number of carboxylic acid groups (broad SMARTS) is 1. The Bertz CT molecular complexity index is 1140. The Morgan fingerprint density at radius 2 is 1.79 bits per heavy atom. The van der Waals surface area contributed by atoms with Gasteiger partial charge in [-0.25, -0.2) is 17.6 Å². The van der Waals surface area contributed by atoms with Crippen molar-refractivity contribution in [1.29, 1.82) is 0 Å². The fourth-order valence-corrected chi connectivity index (χ4v) is 3.75. The molecule has 0 radical (unpaired) electrons. The highest BCUT2D eigenvalue weighted by molar-refractivity contribution is 7.89. The van der Waals surface area contributed by atoms with Crippen molar-refractivity contribution in [2.24, 2.45) is 0 Å². The van der Waals surface area contributed by atoms with Crippen LogP contribution in [0.15, 0.2) is 53.6 Å². The molecular formula is C16H11F4N3O4S. The van der Waals surface area contributed by atoms with Crippen molar-refractivity contribution in [2.45, 2.75) is 17.1 Å². The smallest absolute Gasteiger partial charge is 0.432 e. The zero-order chi connectivity index (χ0) is 20.7. The number of nitrogens with zero attached hydrogens (tertiary/aromatic N) is 2. The number of aromatic nitrogens is 2. The number of hydrogen-bond acceptors (Lipinski definition) is 4. The van der Waals surface area contributed by atoms with Gasteiger partial charge in [0.2, 0.25) is 10.0 Å². The van der Waals surface area contributed by atoms with E-state index in [-0.39, 0.29) is 10.9 Å². The maximum Gasteiger partial charge on any atom is 0.432 e. The summed E-state index contributed by atoms with van der Waals surface area (Å²) in [7, 11) is -4.71. The van der Waals surface area contributed by atoms with Crippen LogP contribution in [0.2, 0.25) is 0 Å². The molecule has 0 amide bonds. The Kier molecular flexibility index (Phi) is 4.85. The first-order valence-electron chi connectivity index (χ1n) is 7.54. The van der Waals surface area contributed by atoms with E-state index in [4.69, 9.17) is 5.11 Å². The van der Waals surface area contributed by atoms with E-state index in [2.05, 4.69) is 5.10 Å². The molecule has 1 heterocycles. The van der Waals surface area contributed by atoms with Crippen LogP contribution in [0.4, 0.5) is 22.4 Å².